The molecule has 20 N–H and O–H groups in total. The maximum absolute atomic E-state index is 12.2. The maximum Gasteiger partial charge on any atom is 0.217 e. The fourth-order valence-electron chi connectivity index (χ4n) is 8.84. The summed E-state index contributed by atoms with van der Waals surface area (Å²) < 4.78 is 63.4. The molecule has 0 bridgehead atoms. The van der Waals surface area contributed by atoms with Gasteiger partial charge in [0.2, 0.25) is 5.91 Å². The molecule has 6 aliphatic heterocycles. The minimum atomic E-state index is -2.30. The molecule has 1 amide bonds. The summed E-state index contributed by atoms with van der Waals surface area (Å²) in [5.41, 5.74) is 0. The number of ether oxygens (including phenoxy) is 11. The van der Waals surface area contributed by atoms with Gasteiger partial charge in [0.1, 0.15) is 146 Å². The SMILES string of the molecule is CC(=O)N[C@@H]1[C@@H](O[C@@H]2O[C@H](CO)[C@@H](O)[C@H](O)[C@@H]2O[C@@H]2O[C@H](CO)[C@@H](O)[C@H](O)[C@@H]2O[C@@H]2O[C@H](CO)[C@@H](O)[C@H](O[C@H]3O[C@H](CO)[C@@H](O)[C@H](O)[C@H]3O)[C@@H]2O[C@@H]2O[C@H](CO)[C@@H](O)[C@H](O)[C@@H]2O)[C@H](O)[C@@H](CO)O[C@@H]1O. The van der Waals surface area contributed by atoms with Crippen molar-refractivity contribution in [3.8, 4) is 0 Å². The van der Waals surface area contributed by atoms with Crippen LogP contribution in [0.15, 0.2) is 0 Å². The van der Waals surface area contributed by atoms with Crippen LogP contribution in [0, 0.1) is 0 Å². The van der Waals surface area contributed by atoms with E-state index in [0.29, 0.717) is 0 Å². The number of aliphatic hydroxyl groups is 19. The van der Waals surface area contributed by atoms with Gasteiger partial charge in [-0.1, -0.05) is 0 Å². The highest BCUT2D eigenvalue weighted by Gasteiger charge is 2.59. The summed E-state index contributed by atoms with van der Waals surface area (Å²) in [5, 5.41) is 205. The number of hydrogen-bond donors (Lipinski definition) is 20. The summed E-state index contributed by atoms with van der Waals surface area (Å²) in [6.45, 7) is -5.01. The van der Waals surface area contributed by atoms with E-state index in [-0.39, 0.29) is 0 Å². The van der Waals surface area contributed by atoms with Crippen LogP contribution in [-0.4, -0.2) is 327 Å². The first-order chi connectivity index (χ1) is 33.2. The molecule has 0 aromatic carbocycles. The third-order valence-electron chi connectivity index (χ3n) is 12.8. The number of hydrogen-bond acceptors (Lipinski definition) is 31. The summed E-state index contributed by atoms with van der Waals surface area (Å²) in [5.74, 6) is -0.786. The van der Waals surface area contributed by atoms with E-state index >= 15 is 0 Å². The van der Waals surface area contributed by atoms with E-state index < -0.39 is 230 Å². The first-order valence-electron chi connectivity index (χ1n) is 22.1. The van der Waals surface area contributed by atoms with Gasteiger partial charge in [0.05, 0.1) is 39.6 Å². The van der Waals surface area contributed by atoms with E-state index in [1.807, 2.05) is 0 Å². The standard InChI is InChI=1S/C38H65NO31/c1-8(46)39-15-28(20(51)13(6-44)60-33(15)59)66-36-30(24(55)18(49)11(4-42)63-36)68-37-31(25(56)19(50)12(5-43)64-37)69-38-32(70-35-27(58)23(54)17(48)10(3-41)62-35)29(21(52)14(7-45)65-38)67-34-26(57)22(53)16(47)9(2-40)61-34/h9-38,40-45,47-59H,2-7H2,1H3,(H,39,46)/t9-,10-,11-,12-,13-,14-,15-,16-,17-,18-,19-,20-,21-,22+,23+,24+,25+,26-,27+,28-,29+,30+,31+,32+,33+,34-,35+,36+,37+,38+/m1/s1. The van der Waals surface area contributed by atoms with Gasteiger partial charge in [-0.2, -0.15) is 0 Å². The summed E-state index contributed by atoms with van der Waals surface area (Å²) in [4.78, 5) is 12.2. The lowest BCUT2D eigenvalue weighted by atomic mass is 9.94. The monoisotopic (exact) mass is 1030 g/mol. The largest absolute Gasteiger partial charge is 0.394 e. The number of carbonyl (C=O) groups is 1. The molecule has 32 nitrogen and oxygen atoms in total. The van der Waals surface area contributed by atoms with Gasteiger partial charge in [-0.3, -0.25) is 4.79 Å². The Labute approximate surface area is 395 Å². The Balaban J connectivity index is 1.38. The van der Waals surface area contributed by atoms with Crippen molar-refractivity contribution in [2.75, 3.05) is 39.6 Å². The lowest BCUT2D eigenvalue weighted by Gasteiger charge is -2.51. The summed E-state index contributed by atoms with van der Waals surface area (Å²) in [6.07, 6.45) is -58.7. The van der Waals surface area contributed by atoms with E-state index in [9.17, 15) is 102 Å². The van der Waals surface area contributed by atoms with Crippen LogP contribution in [0.3, 0.4) is 0 Å². The Hall–Kier alpha value is -1.73. The highest BCUT2D eigenvalue weighted by atomic mass is 16.8. The second-order valence-electron chi connectivity index (χ2n) is 17.5. The van der Waals surface area contributed by atoms with Crippen LogP contribution in [0.4, 0.5) is 0 Å². The first kappa shape index (κ1) is 57.5. The molecule has 6 aliphatic rings. The molecule has 6 heterocycles. The zero-order chi connectivity index (χ0) is 51.6. The van der Waals surface area contributed by atoms with E-state index in [0.717, 1.165) is 6.92 Å². The van der Waals surface area contributed by atoms with Gasteiger partial charge < -0.3 is 154 Å². The van der Waals surface area contributed by atoms with Crippen molar-refractivity contribution in [2.24, 2.45) is 0 Å². The van der Waals surface area contributed by atoms with Gasteiger partial charge in [0.15, 0.2) is 37.7 Å². The molecular formula is C38H65NO31. The average Bonchev–Trinajstić information content (AvgIpc) is 3.34. The number of amides is 1. The molecule has 30 atom stereocenters. The van der Waals surface area contributed by atoms with Crippen molar-refractivity contribution in [1.82, 2.24) is 5.32 Å². The predicted molar refractivity (Wildman–Crippen MR) is 211 cm³/mol. The zero-order valence-corrected chi connectivity index (χ0v) is 37.0. The molecule has 0 aromatic rings. The number of nitrogens with one attached hydrogen (secondary N) is 1. The molecule has 6 saturated heterocycles. The van der Waals surface area contributed by atoms with Gasteiger partial charge >= 0.3 is 0 Å². The van der Waals surface area contributed by atoms with Crippen molar-refractivity contribution >= 4 is 5.91 Å². The molecule has 0 unspecified atom stereocenters. The van der Waals surface area contributed by atoms with Crippen LogP contribution in [0.1, 0.15) is 6.92 Å². The van der Waals surface area contributed by atoms with Gasteiger partial charge in [-0.25, -0.2) is 0 Å². The predicted octanol–water partition coefficient (Wildman–Crippen LogP) is -14.0. The Morgan fingerprint density at radius 2 is 0.629 bits per heavy atom. The molecule has 32 heteroatoms. The minimum absolute atomic E-state index is 0.786. The number of aliphatic hydroxyl groups excluding tert-OH is 19. The van der Waals surface area contributed by atoms with E-state index in [4.69, 9.17) is 52.1 Å². The van der Waals surface area contributed by atoms with Crippen LogP contribution in [-0.2, 0) is 56.9 Å². The fourth-order valence-corrected chi connectivity index (χ4v) is 8.84. The second kappa shape index (κ2) is 24.7. The van der Waals surface area contributed by atoms with Crippen molar-refractivity contribution < 1.29 is 154 Å². The second-order valence-corrected chi connectivity index (χ2v) is 17.5. The Bertz CT molecular complexity index is 1630. The molecular weight excluding hydrogens is 966 g/mol. The third-order valence-corrected chi connectivity index (χ3v) is 12.8. The van der Waals surface area contributed by atoms with Crippen LogP contribution in [0.25, 0.3) is 0 Å². The van der Waals surface area contributed by atoms with Crippen LogP contribution < -0.4 is 5.32 Å². The molecule has 0 spiro atoms. The van der Waals surface area contributed by atoms with E-state index in [1.165, 1.54) is 0 Å². The van der Waals surface area contributed by atoms with Crippen LogP contribution in [0.2, 0.25) is 0 Å². The van der Waals surface area contributed by atoms with Crippen molar-refractivity contribution in [2.45, 2.75) is 191 Å². The Morgan fingerprint density at radius 1 is 0.343 bits per heavy atom. The minimum Gasteiger partial charge on any atom is -0.394 e. The zero-order valence-electron chi connectivity index (χ0n) is 37.0. The molecule has 0 aliphatic carbocycles. The smallest absolute Gasteiger partial charge is 0.217 e. The van der Waals surface area contributed by atoms with Crippen molar-refractivity contribution in [3.05, 3.63) is 0 Å². The Morgan fingerprint density at radius 3 is 1.01 bits per heavy atom. The first-order valence-corrected chi connectivity index (χ1v) is 22.1. The van der Waals surface area contributed by atoms with Gasteiger partial charge in [-0.05, 0) is 0 Å². The molecule has 0 saturated carbocycles. The Kier molecular flexibility index (Phi) is 20.3. The molecule has 0 aromatic heterocycles. The fraction of sp³-hybridized carbons (Fsp3) is 0.974. The van der Waals surface area contributed by atoms with E-state index in [1.54, 1.807) is 0 Å². The van der Waals surface area contributed by atoms with Crippen LogP contribution >= 0.6 is 0 Å². The summed E-state index contributed by atoms with van der Waals surface area (Å²) in [7, 11) is 0. The quantitative estimate of drug-likeness (QED) is 0.0643. The van der Waals surface area contributed by atoms with Gasteiger partial charge in [0, 0.05) is 6.92 Å². The van der Waals surface area contributed by atoms with Crippen molar-refractivity contribution in [1.29, 1.82) is 0 Å². The molecule has 6 rings (SSSR count). The molecule has 6 fully saturated rings. The highest BCUT2D eigenvalue weighted by Crippen LogP contribution is 2.38. The lowest BCUT2D eigenvalue weighted by molar-refractivity contribution is -0.418. The summed E-state index contributed by atoms with van der Waals surface area (Å²) in [6, 6.07) is -1.65. The lowest BCUT2D eigenvalue weighted by Crippen LogP contribution is -2.70. The number of carbonyl (C=O) groups excluding carboxylic acids is 1. The van der Waals surface area contributed by atoms with E-state index in [2.05, 4.69) is 5.32 Å². The average molecular weight is 1030 g/mol. The normalized spacial score (nSPS) is 51.5. The number of rotatable bonds is 17. The molecule has 0 radical (unpaired) electrons. The van der Waals surface area contributed by atoms with Crippen LogP contribution in [0.5, 0.6) is 0 Å². The van der Waals surface area contributed by atoms with Crippen molar-refractivity contribution in [3.63, 3.8) is 0 Å². The van der Waals surface area contributed by atoms with Gasteiger partial charge in [0.25, 0.3) is 0 Å². The highest BCUT2D eigenvalue weighted by molar-refractivity contribution is 5.73. The topological polar surface area (TPSA) is 515 Å². The van der Waals surface area contributed by atoms with Gasteiger partial charge in [-0.15, -0.1) is 0 Å². The molecule has 408 valence electrons. The molecule has 70 heavy (non-hydrogen) atoms. The maximum atomic E-state index is 12.2. The third kappa shape index (κ3) is 11.9. The summed E-state index contributed by atoms with van der Waals surface area (Å²) >= 11 is 0.